The van der Waals surface area contributed by atoms with Crippen molar-refractivity contribution >= 4 is 27.5 Å². The third-order valence-electron chi connectivity index (χ3n) is 3.19. The topological polar surface area (TPSA) is 0 Å². The molecule has 0 saturated heterocycles. The Balaban J connectivity index is 2.41. The number of aryl methyl sites for hydroxylation is 3. The van der Waals surface area contributed by atoms with Gasteiger partial charge in [-0.3, -0.25) is 0 Å². The standard InChI is InChI=1S/C16H16BrCl/c1-10-4-7-14(12(3)8-10)16(18)13-6-5-11(2)15(17)9-13/h4-9,16H,1-3H3. The third-order valence-corrected chi connectivity index (χ3v) is 4.53. The van der Waals surface area contributed by atoms with Gasteiger partial charge < -0.3 is 0 Å². The van der Waals surface area contributed by atoms with E-state index in [1.54, 1.807) is 0 Å². The summed E-state index contributed by atoms with van der Waals surface area (Å²) in [7, 11) is 0. The summed E-state index contributed by atoms with van der Waals surface area (Å²) in [4.78, 5) is 0. The zero-order chi connectivity index (χ0) is 13.3. The van der Waals surface area contributed by atoms with E-state index in [1.165, 1.54) is 22.3 Å². The van der Waals surface area contributed by atoms with Gasteiger partial charge in [-0.25, -0.2) is 0 Å². The van der Waals surface area contributed by atoms with Crippen LogP contribution in [0, 0.1) is 20.8 Å². The lowest BCUT2D eigenvalue weighted by atomic mass is 9.98. The number of alkyl halides is 1. The maximum Gasteiger partial charge on any atom is 0.0838 e. The lowest BCUT2D eigenvalue weighted by Crippen LogP contribution is -1.97. The Kier molecular flexibility index (Phi) is 4.14. The van der Waals surface area contributed by atoms with Crippen molar-refractivity contribution in [3.05, 3.63) is 68.7 Å². The lowest BCUT2D eigenvalue weighted by Gasteiger charge is -2.15. The van der Waals surface area contributed by atoms with Gasteiger partial charge in [-0.05, 0) is 49.1 Å². The second kappa shape index (κ2) is 5.46. The molecule has 2 rings (SSSR count). The van der Waals surface area contributed by atoms with Crippen LogP contribution < -0.4 is 0 Å². The molecule has 0 radical (unpaired) electrons. The predicted molar refractivity (Wildman–Crippen MR) is 82.5 cm³/mol. The first-order chi connectivity index (χ1) is 8.49. The number of hydrogen-bond donors (Lipinski definition) is 0. The minimum atomic E-state index is -0.0949. The number of benzene rings is 2. The van der Waals surface area contributed by atoms with Crippen LogP contribution in [0.4, 0.5) is 0 Å². The zero-order valence-electron chi connectivity index (χ0n) is 10.8. The van der Waals surface area contributed by atoms with Crippen molar-refractivity contribution in [3.63, 3.8) is 0 Å². The number of hydrogen-bond acceptors (Lipinski definition) is 0. The molecular weight excluding hydrogens is 308 g/mol. The molecule has 1 unspecified atom stereocenters. The molecule has 2 aromatic rings. The summed E-state index contributed by atoms with van der Waals surface area (Å²) in [5, 5.41) is -0.0949. The van der Waals surface area contributed by atoms with Crippen LogP contribution in [0.5, 0.6) is 0 Å². The van der Waals surface area contributed by atoms with Crippen molar-refractivity contribution in [1.82, 2.24) is 0 Å². The second-order valence-corrected chi connectivity index (χ2v) is 6.02. The molecule has 0 fully saturated rings. The van der Waals surface area contributed by atoms with Gasteiger partial charge in [0.1, 0.15) is 0 Å². The molecule has 0 aromatic heterocycles. The summed E-state index contributed by atoms with van der Waals surface area (Å²) >= 11 is 10.2. The first-order valence-corrected chi connectivity index (χ1v) is 7.19. The molecular formula is C16H16BrCl. The third kappa shape index (κ3) is 2.78. The highest BCUT2D eigenvalue weighted by atomic mass is 79.9. The second-order valence-electron chi connectivity index (χ2n) is 4.73. The van der Waals surface area contributed by atoms with Crippen LogP contribution >= 0.6 is 27.5 Å². The molecule has 0 aliphatic carbocycles. The molecule has 0 spiro atoms. The summed E-state index contributed by atoms with van der Waals surface area (Å²) in [6.45, 7) is 6.29. The van der Waals surface area contributed by atoms with E-state index in [2.05, 4.69) is 73.1 Å². The SMILES string of the molecule is Cc1ccc(C(Cl)c2ccc(C)c(Br)c2)c(C)c1. The summed E-state index contributed by atoms with van der Waals surface area (Å²) in [6, 6.07) is 12.7. The monoisotopic (exact) mass is 322 g/mol. The van der Waals surface area contributed by atoms with Crippen LogP contribution in [0.25, 0.3) is 0 Å². The van der Waals surface area contributed by atoms with Crippen LogP contribution in [0.15, 0.2) is 40.9 Å². The van der Waals surface area contributed by atoms with Gasteiger partial charge in [0.05, 0.1) is 5.38 Å². The molecule has 0 N–H and O–H groups in total. The summed E-state index contributed by atoms with van der Waals surface area (Å²) in [6.07, 6.45) is 0. The Hall–Kier alpha value is -0.790. The summed E-state index contributed by atoms with van der Waals surface area (Å²) in [5.41, 5.74) is 6.04. The first kappa shape index (κ1) is 13.6. The first-order valence-electron chi connectivity index (χ1n) is 5.96. The fraction of sp³-hybridized carbons (Fsp3) is 0.250. The molecule has 0 heterocycles. The minimum Gasteiger partial charge on any atom is -0.113 e. The van der Waals surface area contributed by atoms with E-state index >= 15 is 0 Å². The molecule has 2 heteroatoms. The molecule has 0 amide bonds. The quantitative estimate of drug-likeness (QED) is 0.622. The van der Waals surface area contributed by atoms with Crippen molar-refractivity contribution in [3.8, 4) is 0 Å². The van der Waals surface area contributed by atoms with Gasteiger partial charge in [-0.1, -0.05) is 51.8 Å². The smallest absolute Gasteiger partial charge is 0.0838 e. The molecule has 18 heavy (non-hydrogen) atoms. The van der Waals surface area contributed by atoms with Crippen molar-refractivity contribution < 1.29 is 0 Å². The van der Waals surface area contributed by atoms with Crippen LogP contribution in [-0.2, 0) is 0 Å². The van der Waals surface area contributed by atoms with Gasteiger partial charge in [0.15, 0.2) is 0 Å². The fourth-order valence-electron chi connectivity index (χ4n) is 2.06. The highest BCUT2D eigenvalue weighted by Gasteiger charge is 2.13. The average molecular weight is 324 g/mol. The zero-order valence-corrected chi connectivity index (χ0v) is 13.1. The van der Waals surface area contributed by atoms with E-state index in [9.17, 15) is 0 Å². The van der Waals surface area contributed by atoms with Crippen LogP contribution in [0.1, 0.15) is 33.2 Å². The summed E-state index contributed by atoms with van der Waals surface area (Å²) in [5.74, 6) is 0. The van der Waals surface area contributed by atoms with E-state index in [-0.39, 0.29) is 5.38 Å². The normalized spacial score (nSPS) is 12.5. The minimum absolute atomic E-state index is 0.0949. The Bertz CT molecular complexity index is 575. The van der Waals surface area contributed by atoms with Crippen molar-refractivity contribution in [2.24, 2.45) is 0 Å². The number of rotatable bonds is 2. The van der Waals surface area contributed by atoms with Gasteiger partial charge in [-0.2, -0.15) is 0 Å². The Labute approximate surface area is 122 Å². The van der Waals surface area contributed by atoms with Crippen LogP contribution in [0.3, 0.4) is 0 Å². The van der Waals surface area contributed by atoms with E-state index < -0.39 is 0 Å². The molecule has 0 bridgehead atoms. The highest BCUT2D eigenvalue weighted by molar-refractivity contribution is 9.10. The molecule has 0 aliphatic heterocycles. The van der Waals surface area contributed by atoms with Crippen molar-refractivity contribution in [2.45, 2.75) is 26.1 Å². The molecule has 94 valence electrons. The van der Waals surface area contributed by atoms with Gasteiger partial charge in [0.2, 0.25) is 0 Å². The van der Waals surface area contributed by atoms with Gasteiger partial charge >= 0.3 is 0 Å². The van der Waals surface area contributed by atoms with Crippen LogP contribution in [-0.4, -0.2) is 0 Å². The maximum absolute atomic E-state index is 6.59. The molecule has 0 nitrogen and oxygen atoms in total. The Morgan fingerprint density at radius 3 is 2.28 bits per heavy atom. The molecule has 0 aliphatic rings. The summed E-state index contributed by atoms with van der Waals surface area (Å²) < 4.78 is 1.11. The predicted octanol–water partition coefficient (Wildman–Crippen LogP) is 5.70. The van der Waals surface area contributed by atoms with Gasteiger partial charge in [-0.15, -0.1) is 11.6 Å². The molecule has 0 saturated carbocycles. The highest BCUT2D eigenvalue weighted by Crippen LogP contribution is 2.33. The largest absolute Gasteiger partial charge is 0.113 e. The van der Waals surface area contributed by atoms with E-state index in [4.69, 9.17) is 11.6 Å². The van der Waals surface area contributed by atoms with E-state index in [0.717, 1.165) is 10.0 Å². The number of halogens is 2. The Morgan fingerprint density at radius 2 is 1.67 bits per heavy atom. The van der Waals surface area contributed by atoms with Gasteiger partial charge in [0.25, 0.3) is 0 Å². The molecule has 2 aromatic carbocycles. The average Bonchev–Trinajstić information content (AvgIpc) is 2.32. The van der Waals surface area contributed by atoms with E-state index in [0.29, 0.717) is 0 Å². The van der Waals surface area contributed by atoms with Crippen LogP contribution in [0.2, 0.25) is 0 Å². The molecule has 1 atom stereocenters. The lowest BCUT2D eigenvalue weighted by molar-refractivity contribution is 1.10. The van der Waals surface area contributed by atoms with Gasteiger partial charge in [0, 0.05) is 4.47 Å². The fourth-order valence-corrected chi connectivity index (χ4v) is 2.83. The van der Waals surface area contributed by atoms with Crippen molar-refractivity contribution in [2.75, 3.05) is 0 Å². The Morgan fingerprint density at radius 1 is 0.944 bits per heavy atom. The van der Waals surface area contributed by atoms with E-state index in [1.807, 2.05) is 0 Å². The van der Waals surface area contributed by atoms with Crippen molar-refractivity contribution in [1.29, 1.82) is 0 Å². The maximum atomic E-state index is 6.59.